The summed E-state index contributed by atoms with van der Waals surface area (Å²) >= 11 is 12.3. The van der Waals surface area contributed by atoms with Crippen molar-refractivity contribution in [3.8, 4) is 0 Å². The van der Waals surface area contributed by atoms with Gasteiger partial charge in [-0.1, -0.05) is 29.3 Å². The second kappa shape index (κ2) is 6.77. The zero-order valence-corrected chi connectivity index (χ0v) is 12.8. The maximum atomic E-state index is 6.18. The minimum Gasteiger partial charge on any atom is -0.369 e. The van der Waals surface area contributed by atoms with Gasteiger partial charge in [-0.15, -0.1) is 0 Å². The molecule has 2 aromatic heterocycles. The number of pyridine rings is 2. The first-order valence-electron chi connectivity index (χ1n) is 6.39. The van der Waals surface area contributed by atoms with Crippen LogP contribution in [-0.2, 0) is 0 Å². The zero-order valence-electron chi connectivity index (χ0n) is 11.3. The van der Waals surface area contributed by atoms with Gasteiger partial charge in [0.05, 0.1) is 21.8 Å². The predicted octanol–water partition coefficient (Wildman–Crippen LogP) is 4.39. The fourth-order valence-corrected chi connectivity index (χ4v) is 2.25. The van der Waals surface area contributed by atoms with E-state index in [9.17, 15) is 0 Å². The van der Waals surface area contributed by atoms with Crippen molar-refractivity contribution in [1.82, 2.24) is 9.97 Å². The van der Waals surface area contributed by atoms with Crippen molar-refractivity contribution in [2.24, 2.45) is 0 Å². The number of halogens is 2. The van der Waals surface area contributed by atoms with Crippen LogP contribution in [-0.4, -0.2) is 16.5 Å². The molecule has 6 heteroatoms. The molecule has 0 aliphatic heterocycles. The lowest BCUT2D eigenvalue weighted by molar-refractivity contribution is 0.832. The van der Waals surface area contributed by atoms with E-state index in [2.05, 4.69) is 20.6 Å². The molecule has 0 bridgehead atoms. The van der Waals surface area contributed by atoms with E-state index in [1.54, 1.807) is 12.3 Å². The SMILES string of the molecule is CCNc1nc(NC(C)c2ccccn2)c(Cl)cc1Cl. The molecule has 2 N–H and O–H groups in total. The van der Waals surface area contributed by atoms with Crippen molar-refractivity contribution in [1.29, 1.82) is 0 Å². The lowest BCUT2D eigenvalue weighted by Crippen LogP contribution is -2.11. The van der Waals surface area contributed by atoms with E-state index in [1.807, 2.05) is 32.0 Å². The molecule has 0 saturated heterocycles. The molecule has 4 nitrogen and oxygen atoms in total. The molecule has 106 valence electrons. The van der Waals surface area contributed by atoms with Crippen molar-refractivity contribution < 1.29 is 0 Å². The molecule has 1 unspecified atom stereocenters. The van der Waals surface area contributed by atoms with E-state index in [0.29, 0.717) is 21.7 Å². The highest BCUT2D eigenvalue weighted by atomic mass is 35.5. The second-order valence-electron chi connectivity index (χ2n) is 4.30. The largest absolute Gasteiger partial charge is 0.369 e. The summed E-state index contributed by atoms with van der Waals surface area (Å²) in [6, 6.07) is 7.46. The van der Waals surface area contributed by atoms with E-state index in [0.717, 1.165) is 12.2 Å². The minimum atomic E-state index is -0.00291. The Morgan fingerprint density at radius 3 is 2.60 bits per heavy atom. The Kier molecular flexibility index (Phi) is 5.04. The molecule has 2 aromatic rings. The van der Waals surface area contributed by atoms with Crippen molar-refractivity contribution in [2.45, 2.75) is 19.9 Å². The average Bonchev–Trinajstić information content (AvgIpc) is 2.45. The molecular formula is C14H16Cl2N4. The molecule has 0 radical (unpaired) electrons. The van der Waals surface area contributed by atoms with E-state index in [-0.39, 0.29) is 6.04 Å². The van der Waals surface area contributed by atoms with Gasteiger partial charge in [-0.3, -0.25) is 4.98 Å². The van der Waals surface area contributed by atoms with Crippen molar-refractivity contribution >= 4 is 34.8 Å². The van der Waals surface area contributed by atoms with Crippen molar-refractivity contribution in [3.63, 3.8) is 0 Å². The predicted molar refractivity (Wildman–Crippen MR) is 84.7 cm³/mol. The van der Waals surface area contributed by atoms with Crippen LogP contribution in [0.2, 0.25) is 10.0 Å². The van der Waals surface area contributed by atoms with Gasteiger partial charge in [0.2, 0.25) is 0 Å². The smallest absolute Gasteiger partial charge is 0.147 e. The normalized spacial score (nSPS) is 12.0. The van der Waals surface area contributed by atoms with Crippen LogP contribution in [0.5, 0.6) is 0 Å². The molecule has 2 heterocycles. The zero-order chi connectivity index (χ0) is 14.5. The molecule has 0 fully saturated rings. The Balaban J connectivity index is 2.22. The summed E-state index contributed by atoms with van der Waals surface area (Å²) in [5.74, 6) is 1.21. The molecule has 0 amide bonds. The van der Waals surface area contributed by atoms with Crippen LogP contribution in [0.15, 0.2) is 30.5 Å². The van der Waals surface area contributed by atoms with Crippen LogP contribution < -0.4 is 10.6 Å². The van der Waals surface area contributed by atoms with Gasteiger partial charge in [0.25, 0.3) is 0 Å². The summed E-state index contributed by atoms with van der Waals surface area (Å²) in [5, 5.41) is 7.34. The fourth-order valence-electron chi connectivity index (χ4n) is 1.77. The average molecular weight is 311 g/mol. The topological polar surface area (TPSA) is 49.8 Å². The van der Waals surface area contributed by atoms with Gasteiger partial charge in [-0.25, -0.2) is 4.98 Å². The highest BCUT2D eigenvalue weighted by Gasteiger charge is 2.12. The van der Waals surface area contributed by atoms with Gasteiger partial charge >= 0.3 is 0 Å². The molecule has 1 atom stereocenters. The number of nitrogens with zero attached hydrogens (tertiary/aromatic N) is 2. The van der Waals surface area contributed by atoms with Crippen LogP contribution in [0, 0.1) is 0 Å². The van der Waals surface area contributed by atoms with Gasteiger partial charge in [-0.2, -0.15) is 0 Å². The van der Waals surface area contributed by atoms with E-state index in [1.165, 1.54) is 0 Å². The first-order valence-corrected chi connectivity index (χ1v) is 7.14. The fraction of sp³-hybridized carbons (Fsp3) is 0.286. The lowest BCUT2D eigenvalue weighted by atomic mass is 10.2. The number of anilines is 2. The Labute approximate surface area is 128 Å². The first-order chi connectivity index (χ1) is 9.61. The molecule has 0 aromatic carbocycles. The highest BCUT2D eigenvalue weighted by Crippen LogP contribution is 2.30. The second-order valence-corrected chi connectivity index (χ2v) is 5.11. The van der Waals surface area contributed by atoms with Gasteiger partial charge in [0, 0.05) is 12.7 Å². The monoisotopic (exact) mass is 310 g/mol. The van der Waals surface area contributed by atoms with E-state index < -0.39 is 0 Å². The van der Waals surface area contributed by atoms with Crippen LogP contribution in [0.3, 0.4) is 0 Å². The third-order valence-electron chi connectivity index (χ3n) is 2.76. The maximum absolute atomic E-state index is 6.18. The van der Waals surface area contributed by atoms with Gasteiger partial charge < -0.3 is 10.6 Å². The van der Waals surface area contributed by atoms with E-state index in [4.69, 9.17) is 23.2 Å². The summed E-state index contributed by atoms with van der Waals surface area (Å²) in [6.45, 7) is 4.72. The Morgan fingerprint density at radius 2 is 1.95 bits per heavy atom. The third-order valence-corrected chi connectivity index (χ3v) is 3.33. The van der Waals surface area contributed by atoms with Crippen molar-refractivity contribution in [3.05, 3.63) is 46.2 Å². The number of aromatic nitrogens is 2. The molecule has 0 saturated carbocycles. The van der Waals surface area contributed by atoms with Crippen LogP contribution in [0.4, 0.5) is 11.6 Å². The quantitative estimate of drug-likeness (QED) is 0.860. The van der Waals surface area contributed by atoms with Crippen LogP contribution >= 0.6 is 23.2 Å². The van der Waals surface area contributed by atoms with Gasteiger partial charge in [0.1, 0.15) is 11.6 Å². The number of hydrogen-bond donors (Lipinski definition) is 2. The van der Waals surface area contributed by atoms with E-state index >= 15 is 0 Å². The number of nitrogens with one attached hydrogen (secondary N) is 2. The number of hydrogen-bond acceptors (Lipinski definition) is 4. The summed E-state index contributed by atoms with van der Waals surface area (Å²) < 4.78 is 0. The Bertz CT molecular complexity index is 575. The highest BCUT2D eigenvalue weighted by molar-refractivity contribution is 6.37. The maximum Gasteiger partial charge on any atom is 0.147 e. The number of rotatable bonds is 5. The first kappa shape index (κ1) is 14.9. The summed E-state index contributed by atoms with van der Waals surface area (Å²) in [5.41, 5.74) is 0.922. The van der Waals surface area contributed by atoms with Crippen molar-refractivity contribution in [2.75, 3.05) is 17.2 Å². The Morgan fingerprint density at radius 1 is 1.20 bits per heavy atom. The third kappa shape index (κ3) is 3.52. The summed E-state index contributed by atoms with van der Waals surface area (Å²) in [4.78, 5) is 8.72. The van der Waals surface area contributed by atoms with Crippen LogP contribution in [0.25, 0.3) is 0 Å². The Hall–Kier alpha value is -1.52. The minimum absolute atomic E-state index is 0.00291. The summed E-state index contributed by atoms with van der Waals surface area (Å²) in [6.07, 6.45) is 1.76. The lowest BCUT2D eigenvalue weighted by Gasteiger charge is -2.16. The molecular weight excluding hydrogens is 295 g/mol. The molecule has 2 rings (SSSR count). The van der Waals surface area contributed by atoms with Gasteiger partial charge in [-0.05, 0) is 32.0 Å². The van der Waals surface area contributed by atoms with Gasteiger partial charge in [0.15, 0.2) is 0 Å². The van der Waals surface area contributed by atoms with Crippen LogP contribution in [0.1, 0.15) is 25.6 Å². The summed E-state index contributed by atoms with van der Waals surface area (Å²) in [7, 11) is 0. The molecule has 0 spiro atoms. The standard InChI is InChI=1S/C14H16Cl2N4/c1-3-17-13-10(15)8-11(16)14(20-13)19-9(2)12-6-4-5-7-18-12/h4-9H,3H2,1-2H3,(H2,17,19,20). The molecule has 0 aliphatic rings. The molecule has 20 heavy (non-hydrogen) atoms. The molecule has 0 aliphatic carbocycles.